The lowest BCUT2D eigenvalue weighted by Gasteiger charge is -2.20. The second kappa shape index (κ2) is 6.80. The Hall–Kier alpha value is -2.27. The highest BCUT2D eigenvalue weighted by Crippen LogP contribution is 2.32. The quantitative estimate of drug-likeness (QED) is 0.675. The molecule has 0 saturated carbocycles. The van der Waals surface area contributed by atoms with E-state index in [4.69, 9.17) is 9.47 Å². The fourth-order valence-corrected chi connectivity index (χ4v) is 4.45. The number of rotatable bonds is 5. The fourth-order valence-electron chi connectivity index (χ4n) is 2.65. The summed E-state index contributed by atoms with van der Waals surface area (Å²) >= 11 is 0.950. The first kappa shape index (κ1) is 17.2. The highest BCUT2D eigenvalue weighted by Gasteiger charge is 2.22. The number of aromatic nitrogens is 2. The molecule has 4 rings (SSSR count). The maximum absolute atomic E-state index is 12.6. The summed E-state index contributed by atoms with van der Waals surface area (Å²) in [6.45, 7) is 0.729. The van der Waals surface area contributed by atoms with E-state index in [0.29, 0.717) is 41.3 Å². The number of fused-ring (bicyclic) bond motifs is 2. The van der Waals surface area contributed by atoms with Gasteiger partial charge in [-0.1, -0.05) is 12.1 Å². The number of sulfonamides is 1. The van der Waals surface area contributed by atoms with E-state index in [9.17, 15) is 13.5 Å². The Morgan fingerprint density at radius 2 is 1.96 bits per heavy atom. The average molecular weight is 393 g/mol. The van der Waals surface area contributed by atoms with Gasteiger partial charge in [-0.05, 0) is 29.8 Å². The molecule has 0 bridgehead atoms. The third-order valence-electron chi connectivity index (χ3n) is 3.96. The summed E-state index contributed by atoms with van der Waals surface area (Å²) in [5, 5.41) is 10.4. The van der Waals surface area contributed by atoms with Crippen molar-refractivity contribution in [1.82, 2.24) is 13.5 Å². The summed E-state index contributed by atoms with van der Waals surface area (Å²) in [5.41, 5.74) is 1.37. The molecule has 1 atom stereocenters. The molecule has 8 nitrogen and oxygen atoms in total. The zero-order chi connectivity index (χ0) is 18.1. The van der Waals surface area contributed by atoms with Crippen LogP contribution in [-0.2, 0) is 10.0 Å². The number of hydrogen-bond acceptors (Lipinski definition) is 8. The lowest BCUT2D eigenvalue weighted by molar-refractivity contribution is 0.165. The van der Waals surface area contributed by atoms with Crippen LogP contribution < -0.4 is 14.2 Å². The van der Waals surface area contributed by atoms with E-state index in [1.807, 2.05) is 0 Å². The lowest BCUT2D eigenvalue weighted by Crippen LogP contribution is -2.28. The Bertz CT molecular complexity index is 1050. The van der Waals surface area contributed by atoms with Crippen molar-refractivity contribution in [1.29, 1.82) is 0 Å². The average Bonchev–Trinajstić information content (AvgIpc) is 3.14. The smallest absolute Gasteiger partial charge is 0.242 e. The van der Waals surface area contributed by atoms with Crippen molar-refractivity contribution in [3.8, 4) is 11.5 Å². The molecule has 0 unspecified atom stereocenters. The van der Waals surface area contributed by atoms with Crippen LogP contribution in [0.15, 0.2) is 41.3 Å². The molecule has 3 aromatic rings. The van der Waals surface area contributed by atoms with E-state index < -0.39 is 16.1 Å². The largest absolute Gasteiger partial charge is 0.486 e. The SMILES string of the molecule is O=S(=O)(NC[C@@H](O)c1ccc2c(c1)OCCO2)c1cccc2nsnc12. The highest BCUT2D eigenvalue weighted by atomic mass is 32.2. The molecule has 1 aromatic heterocycles. The normalized spacial score (nSPS) is 15.1. The first-order valence-electron chi connectivity index (χ1n) is 7.83. The summed E-state index contributed by atoms with van der Waals surface area (Å²) in [4.78, 5) is 0.0399. The van der Waals surface area contributed by atoms with Crippen LogP contribution in [0, 0.1) is 0 Å². The van der Waals surface area contributed by atoms with Crippen molar-refractivity contribution >= 4 is 32.8 Å². The van der Waals surface area contributed by atoms with Gasteiger partial charge in [0.05, 0.1) is 17.8 Å². The summed E-state index contributed by atoms with van der Waals surface area (Å²) in [6, 6.07) is 9.79. The van der Waals surface area contributed by atoms with Crippen LogP contribution >= 0.6 is 11.7 Å². The Kier molecular flexibility index (Phi) is 4.49. The van der Waals surface area contributed by atoms with Crippen LogP contribution in [0.5, 0.6) is 11.5 Å². The second-order valence-corrected chi connectivity index (χ2v) is 7.92. The van der Waals surface area contributed by atoms with Crippen LogP contribution in [0.1, 0.15) is 11.7 Å². The Morgan fingerprint density at radius 3 is 2.81 bits per heavy atom. The first-order valence-corrected chi connectivity index (χ1v) is 10.0. The first-order chi connectivity index (χ1) is 12.5. The number of aliphatic hydroxyl groups excluding tert-OH is 1. The van der Waals surface area contributed by atoms with Crippen LogP contribution in [0.25, 0.3) is 11.0 Å². The van der Waals surface area contributed by atoms with Gasteiger partial charge in [-0.15, -0.1) is 0 Å². The molecule has 0 radical (unpaired) electrons. The van der Waals surface area contributed by atoms with E-state index in [-0.39, 0.29) is 11.4 Å². The molecule has 2 aromatic carbocycles. The van der Waals surface area contributed by atoms with Gasteiger partial charge in [0.25, 0.3) is 0 Å². The number of ether oxygens (including phenoxy) is 2. The van der Waals surface area contributed by atoms with Gasteiger partial charge in [0, 0.05) is 6.54 Å². The zero-order valence-electron chi connectivity index (χ0n) is 13.5. The minimum atomic E-state index is -3.84. The van der Waals surface area contributed by atoms with Crippen LogP contribution in [-0.4, -0.2) is 42.0 Å². The third kappa shape index (κ3) is 3.23. The van der Waals surface area contributed by atoms with E-state index in [1.165, 1.54) is 6.07 Å². The van der Waals surface area contributed by atoms with Crippen molar-refractivity contribution in [3.05, 3.63) is 42.0 Å². The summed E-state index contributed by atoms with van der Waals surface area (Å²) in [5.74, 6) is 1.14. The number of benzene rings is 2. The van der Waals surface area contributed by atoms with Gasteiger partial charge in [0.2, 0.25) is 10.0 Å². The van der Waals surface area contributed by atoms with Crippen molar-refractivity contribution in [2.45, 2.75) is 11.0 Å². The predicted octanol–water partition coefficient (Wildman–Crippen LogP) is 1.47. The fraction of sp³-hybridized carbons (Fsp3) is 0.250. The van der Waals surface area contributed by atoms with E-state index >= 15 is 0 Å². The molecule has 0 saturated heterocycles. The van der Waals surface area contributed by atoms with Crippen LogP contribution in [0.4, 0.5) is 0 Å². The predicted molar refractivity (Wildman–Crippen MR) is 95.0 cm³/mol. The molecule has 26 heavy (non-hydrogen) atoms. The maximum Gasteiger partial charge on any atom is 0.242 e. The van der Waals surface area contributed by atoms with Crippen LogP contribution in [0.3, 0.4) is 0 Å². The highest BCUT2D eigenvalue weighted by molar-refractivity contribution is 7.89. The standard InChI is InChI=1S/C16H15N3O5S2/c20-12(10-4-5-13-14(8-10)24-7-6-23-13)9-17-26(21,22)15-3-1-2-11-16(15)19-25-18-11/h1-5,8,12,17,20H,6-7,9H2/t12-/m1/s1. The summed E-state index contributed by atoms with van der Waals surface area (Å²) < 4.78 is 46.6. The Labute approximate surface area is 153 Å². The lowest BCUT2D eigenvalue weighted by atomic mass is 10.1. The molecular formula is C16H15N3O5S2. The van der Waals surface area contributed by atoms with Gasteiger partial charge >= 0.3 is 0 Å². The zero-order valence-corrected chi connectivity index (χ0v) is 15.1. The number of nitrogens with zero attached hydrogens (tertiary/aromatic N) is 2. The second-order valence-electron chi connectivity index (χ2n) is 5.66. The molecule has 0 amide bonds. The Balaban J connectivity index is 1.52. The molecule has 10 heteroatoms. The monoisotopic (exact) mass is 393 g/mol. The molecule has 1 aliphatic rings. The van der Waals surface area contributed by atoms with Gasteiger partial charge in [-0.2, -0.15) is 8.75 Å². The summed E-state index contributed by atoms with van der Waals surface area (Å²) in [6.07, 6.45) is -1.03. The van der Waals surface area contributed by atoms with Gasteiger partial charge in [-0.3, -0.25) is 0 Å². The van der Waals surface area contributed by atoms with E-state index in [1.54, 1.807) is 30.3 Å². The van der Waals surface area contributed by atoms with Crippen molar-refractivity contribution in [3.63, 3.8) is 0 Å². The van der Waals surface area contributed by atoms with E-state index in [2.05, 4.69) is 13.5 Å². The molecule has 0 fully saturated rings. The number of aliphatic hydroxyl groups is 1. The third-order valence-corrected chi connectivity index (χ3v) is 5.95. The topological polar surface area (TPSA) is 111 Å². The molecule has 2 heterocycles. The van der Waals surface area contributed by atoms with Crippen molar-refractivity contribution in [2.75, 3.05) is 19.8 Å². The van der Waals surface area contributed by atoms with Crippen LogP contribution in [0.2, 0.25) is 0 Å². The van der Waals surface area contributed by atoms with Gasteiger partial charge < -0.3 is 14.6 Å². The minimum Gasteiger partial charge on any atom is -0.486 e. The van der Waals surface area contributed by atoms with Crippen molar-refractivity contribution in [2.24, 2.45) is 0 Å². The van der Waals surface area contributed by atoms with Gasteiger partial charge in [0.15, 0.2) is 11.5 Å². The van der Waals surface area contributed by atoms with E-state index in [0.717, 1.165) is 11.7 Å². The molecule has 1 aliphatic heterocycles. The Morgan fingerprint density at radius 1 is 1.15 bits per heavy atom. The molecule has 136 valence electrons. The maximum atomic E-state index is 12.6. The summed E-state index contributed by atoms with van der Waals surface area (Å²) in [7, 11) is -3.84. The molecule has 0 aliphatic carbocycles. The minimum absolute atomic E-state index is 0.0399. The molecule has 2 N–H and O–H groups in total. The van der Waals surface area contributed by atoms with Gasteiger partial charge in [-0.25, -0.2) is 13.1 Å². The molecule has 0 spiro atoms. The van der Waals surface area contributed by atoms with Crippen molar-refractivity contribution < 1.29 is 23.0 Å². The van der Waals surface area contributed by atoms with Gasteiger partial charge in [0.1, 0.15) is 29.1 Å². The molecular weight excluding hydrogens is 378 g/mol. The number of nitrogens with one attached hydrogen (secondary N) is 1. The number of hydrogen-bond donors (Lipinski definition) is 2.